The lowest BCUT2D eigenvalue weighted by Gasteiger charge is -2.09. The fraction of sp³-hybridized carbons (Fsp3) is 0.125. The van der Waals surface area contributed by atoms with E-state index in [9.17, 15) is 28.6 Å². The second-order valence-electron chi connectivity index (χ2n) is 7.66. The summed E-state index contributed by atoms with van der Waals surface area (Å²) >= 11 is 0. The molecule has 3 N–H and O–H groups in total. The zero-order valence-electron chi connectivity index (χ0n) is 17.8. The second kappa shape index (κ2) is 9.57. The molecule has 0 spiro atoms. The molecule has 4 aromatic rings. The molecule has 0 aliphatic rings. The Morgan fingerprint density at radius 1 is 1.03 bits per heavy atom. The molecule has 0 radical (unpaired) electrons. The molecular formula is C24H20F2N4O4. The summed E-state index contributed by atoms with van der Waals surface area (Å²) in [7, 11) is 0. The van der Waals surface area contributed by atoms with E-state index in [1.54, 1.807) is 41.4 Å². The first kappa shape index (κ1) is 22.7. The molecule has 0 bridgehead atoms. The number of nitrogens with zero attached hydrogens (tertiary/aromatic N) is 3. The minimum Gasteiger partial charge on any atom is -0.508 e. The maximum Gasteiger partial charge on any atom is 0.339 e. The number of carboxylic acid groups (broad SMARTS) is 1. The van der Waals surface area contributed by atoms with E-state index in [0.29, 0.717) is 12.0 Å². The number of carbonyl (C=O) groups is 2. The van der Waals surface area contributed by atoms with E-state index in [-0.39, 0.29) is 30.0 Å². The van der Waals surface area contributed by atoms with E-state index in [1.807, 2.05) is 0 Å². The van der Waals surface area contributed by atoms with E-state index in [1.165, 1.54) is 17.0 Å². The van der Waals surface area contributed by atoms with Crippen molar-refractivity contribution in [3.63, 3.8) is 0 Å². The van der Waals surface area contributed by atoms with Gasteiger partial charge >= 0.3 is 5.97 Å². The number of nitrogens with one attached hydrogen (secondary N) is 1. The van der Waals surface area contributed by atoms with Crippen LogP contribution in [0.2, 0.25) is 0 Å². The monoisotopic (exact) mass is 466 g/mol. The van der Waals surface area contributed by atoms with Crippen LogP contribution in [0.3, 0.4) is 0 Å². The number of phenolic OH excluding ortho intramolecular Hbond substituents is 1. The van der Waals surface area contributed by atoms with Gasteiger partial charge in [0.05, 0.1) is 12.0 Å². The topological polar surface area (TPSA) is 109 Å². The maximum atomic E-state index is 13.5. The van der Waals surface area contributed by atoms with Crippen molar-refractivity contribution < 1.29 is 28.6 Å². The number of carboxylic acids is 1. The van der Waals surface area contributed by atoms with Crippen molar-refractivity contribution in [2.24, 2.45) is 0 Å². The van der Waals surface area contributed by atoms with Crippen LogP contribution in [0.25, 0.3) is 5.69 Å². The summed E-state index contributed by atoms with van der Waals surface area (Å²) in [5.74, 6) is -2.99. The Bertz CT molecular complexity index is 1330. The number of phenols is 1. The molecule has 4 rings (SSSR count). The number of aromatic hydroxyl groups is 1. The van der Waals surface area contributed by atoms with Gasteiger partial charge in [-0.2, -0.15) is 0 Å². The number of hydrogen-bond acceptors (Lipinski definition) is 4. The van der Waals surface area contributed by atoms with E-state index < -0.39 is 23.5 Å². The zero-order chi connectivity index (χ0) is 24.2. The number of aromatic carboxylic acids is 1. The van der Waals surface area contributed by atoms with Crippen molar-refractivity contribution in [1.29, 1.82) is 0 Å². The highest BCUT2D eigenvalue weighted by atomic mass is 19.1. The lowest BCUT2D eigenvalue weighted by molar-refractivity contribution is -0.116. The Hall–Kier alpha value is -4.47. The van der Waals surface area contributed by atoms with Gasteiger partial charge in [0, 0.05) is 49.0 Å². The smallest absolute Gasteiger partial charge is 0.339 e. The standard InChI is InChI=1S/C24H20F2N4O4/c25-16-7-15(8-17(26)9-16)11-29-12-21(24(33)34)22(13-29)28-23(32)6-3-19-10-27-14-30(19)18-1-4-20(31)5-2-18/h1-2,4-5,7-10,12-14,31H,3,6,11H2,(H,28,32)(H,33,34). The molecule has 0 fully saturated rings. The van der Waals surface area contributed by atoms with Crippen LogP contribution in [0.15, 0.2) is 67.4 Å². The summed E-state index contributed by atoms with van der Waals surface area (Å²) in [6.07, 6.45) is 6.31. The van der Waals surface area contributed by atoms with Gasteiger partial charge in [-0.15, -0.1) is 0 Å². The van der Waals surface area contributed by atoms with Crippen LogP contribution >= 0.6 is 0 Å². The molecule has 2 heterocycles. The largest absolute Gasteiger partial charge is 0.508 e. The predicted molar refractivity (Wildman–Crippen MR) is 119 cm³/mol. The predicted octanol–water partition coefficient (Wildman–Crippen LogP) is 3.98. The molecule has 0 aliphatic heterocycles. The van der Waals surface area contributed by atoms with Crippen molar-refractivity contribution in [2.45, 2.75) is 19.4 Å². The fourth-order valence-corrected chi connectivity index (χ4v) is 3.59. The first-order valence-corrected chi connectivity index (χ1v) is 10.3. The van der Waals surface area contributed by atoms with Crippen molar-refractivity contribution in [1.82, 2.24) is 14.1 Å². The number of hydrogen-bond donors (Lipinski definition) is 3. The molecule has 0 atom stereocenters. The van der Waals surface area contributed by atoms with Gasteiger partial charge in [-0.3, -0.25) is 4.79 Å². The Kier molecular flexibility index (Phi) is 6.39. The third kappa shape index (κ3) is 5.29. The molecule has 0 saturated heterocycles. The molecular weight excluding hydrogens is 446 g/mol. The number of aromatic nitrogens is 3. The molecule has 0 aliphatic carbocycles. The number of anilines is 1. The van der Waals surface area contributed by atoms with Crippen LogP contribution in [0.4, 0.5) is 14.5 Å². The zero-order valence-corrected chi connectivity index (χ0v) is 17.8. The molecule has 1 amide bonds. The number of benzene rings is 2. The Morgan fingerprint density at radius 3 is 2.41 bits per heavy atom. The van der Waals surface area contributed by atoms with E-state index in [2.05, 4.69) is 10.3 Å². The van der Waals surface area contributed by atoms with Crippen LogP contribution in [0, 0.1) is 11.6 Å². The number of carbonyl (C=O) groups excluding carboxylic acids is 1. The van der Waals surface area contributed by atoms with Gasteiger partial charge in [0.2, 0.25) is 5.91 Å². The lowest BCUT2D eigenvalue weighted by Crippen LogP contribution is -2.14. The minimum absolute atomic E-state index is 0.0244. The summed E-state index contributed by atoms with van der Waals surface area (Å²) in [4.78, 5) is 28.3. The highest BCUT2D eigenvalue weighted by molar-refractivity contribution is 6.00. The normalized spacial score (nSPS) is 10.9. The fourth-order valence-electron chi connectivity index (χ4n) is 3.59. The molecule has 2 aromatic heterocycles. The van der Waals surface area contributed by atoms with Crippen molar-refractivity contribution in [3.05, 3.63) is 95.8 Å². The van der Waals surface area contributed by atoms with E-state index in [0.717, 1.165) is 29.6 Å². The molecule has 2 aromatic carbocycles. The second-order valence-corrected chi connectivity index (χ2v) is 7.66. The summed E-state index contributed by atoms with van der Waals surface area (Å²) < 4.78 is 30.1. The lowest BCUT2D eigenvalue weighted by atomic mass is 10.2. The third-order valence-corrected chi connectivity index (χ3v) is 5.12. The molecule has 174 valence electrons. The summed E-state index contributed by atoms with van der Waals surface area (Å²) in [6.45, 7) is 0.0244. The SMILES string of the molecule is O=C(CCc1cncn1-c1ccc(O)cc1)Nc1cn(Cc2cc(F)cc(F)c2)cc1C(=O)O. The van der Waals surface area contributed by atoms with Crippen LogP contribution in [-0.2, 0) is 17.8 Å². The van der Waals surface area contributed by atoms with Gasteiger partial charge in [0.25, 0.3) is 0 Å². The van der Waals surface area contributed by atoms with Crippen molar-refractivity contribution in [2.75, 3.05) is 5.32 Å². The Balaban J connectivity index is 1.44. The van der Waals surface area contributed by atoms with Gasteiger partial charge < -0.3 is 24.7 Å². The van der Waals surface area contributed by atoms with Crippen molar-refractivity contribution >= 4 is 17.6 Å². The summed E-state index contributed by atoms with van der Waals surface area (Å²) in [5, 5.41) is 21.5. The van der Waals surface area contributed by atoms with E-state index >= 15 is 0 Å². The van der Waals surface area contributed by atoms with Crippen LogP contribution in [-0.4, -0.2) is 36.2 Å². The van der Waals surface area contributed by atoms with E-state index in [4.69, 9.17) is 0 Å². The van der Waals surface area contributed by atoms with Gasteiger partial charge in [0.1, 0.15) is 22.9 Å². The number of amides is 1. The highest BCUT2D eigenvalue weighted by Gasteiger charge is 2.17. The molecule has 34 heavy (non-hydrogen) atoms. The number of rotatable bonds is 8. The van der Waals surface area contributed by atoms with Crippen molar-refractivity contribution in [3.8, 4) is 11.4 Å². The van der Waals surface area contributed by atoms with Crippen LogP contribution < -0.4 is 5.32 Å². The molecule has 0 saturated carbocycles. The number of aryl methyl sites for hydroxylation is 1. The minimum atomic E-state index is -1.25. The number of imidazole rings is 1. The summed E-state index contributed by atoms with van der Waals surface area (Å²) in [6, 6.07) is 9.57. The van der Waals surface area contributed by atoms with Crippen LogP contribution in [0.1, 0.15) is 28.0 Å². The Morgan fingerprint density at radius 2 is 1.74 bits per heavy atom. The number of halogens is 2. The molecule has 10 heteroatoms. The van der Waals surface area contributed by atoms with Gasteiger partial charge in [-0.05, 0) is 48.4 Å². The van der Waals surface area contributed by atoms with Gasteiger partial charge in [-0.1, -0.05) is 0 Å². The quantitative estimate of drug-likeness (QED) is 0.364. The first-order chi connectivity index (χ1) is 16.3. The third-order valence-electron chi connectivity index (χ3n) is 5.12. The Labute approximate surface area is 192 Å². The van der Waals surface area contributed by atoms with Crippen LogP contribution in [0.5, 0.6) is 5.75 Å². The average molecular weight is 466 g/mol. The van der Waals surface area contributed by atoms with Gasteiger partial charge in [-0.25, -0.2) is 18.6 Å². The maximum absolute atomic E-state index is 13.5. The molecule has 8 nitrogen and oxygen atoms in total. The average Bonchev–Trinajstić information content (AvgIpc) is 3.39. The molecule has 0 unspecified atom stereocenters. The highest BCUT2D eigenvalue weighted by Crippen LogP contribution is 2.21. The van der Waals surface area contributed by atoms with Gasteiger partial charge in [0.15, 0.2) is 0 Å². The first-order valence-electron chi connectivity index (χ1n) is 10.3. The summed E-state index contributed by atoms with van der Waals surface area (Å²) in [5.41, 5.74) is 1.78.